The second-order valence-electron chi connectivity index (χ2n) is 5.87. The maximum Gasteiger partial charge on any atom is 0.326 e. The number of sulfonamides is 1. The second kappa shape index (κ2) is 10.8. The van der Waals surface area contributed by atoms with E-state index < -0.39 is 16.0 Å². The van der Waals surface area contributed by atoms with Gasteiger partial charge in [0, 0.05) is 18.2 Å². The van der Waals surface area contributed by atoms with Crippen LogP contribution in [0, 0.1) is 0 Å². The summed E-state index contributed by atoms with van der Waals surface area (Å²) < 4.78 is 53.5. The maximum atomic E-state index is 12.6. The van der Waals surface area contributed by atoms with E-state index in [9.17, 15) is 13.2 Å². The molecule has 168 valence electrons. The van der Waals surface area contributed by atoms with E-state index in [1.54, 1.807) is 12.1 Å². The third-order valence-corrected chi connectivity index (χ3v) is 5.16. The summed E-state index contributed by atoms with van der Waals surface area (Å²) in [6, 6.07) is 7.42. The highest BCUT2D eigenvalue weighted by Crippen LogP contribution is 2.35. The Kier molecular flexibility index (Phi) is 8.40. The fraction of sp³-hybridized carbons (Fsp3) is 0.250. The largest absolute Gasteiger partial charge is 0.496 e. The molecule has 0 radical (unpaired) electrons. The third-order valence-electron chi connectivity index (χ3n) is 3.92. The van der Waals surface area contributed by atoms with Gasteiger partial charge in [-0.1, -0.05) is 0 Å². The number of nitrogens with one attached hydrogen (secondary N) is 1. The van der Waals surface area contributed by atoms with Gasteiger partial charge in [0.25, 0.3) is 10.0 Å². The van der Waals surface area contributed by atoms with E-state index in [1.807, 2.05) is 0 Å². The predicted molar refractivity (Wildman–Crippen MR) is 117 cm³/mol. The lowest BCUT2D eigenvalue weighted by molar-refractivity contribution is -0.131. The Morgan fingerprint density at radius 2 is 1.55 bits per heavy atom. The number of alkyl halides is 1. The lowest BCUT2D eigenvalue weighted by Gasteiger charge is -2.13. The Labute approximate surface area is 185 Å². The molecule has 0 saturated carbocycles. The summed E-state index contributed by atoms with van der Waals surface area (Å²) in [5, 5.41) is 0.953. The number of benzene rings is 2. The van der Waals surface area contributed by atoms with Crippen molar-refractivity contribution in [2.75, 3.05) is 39.0 Å². The molecule has 0 amide bonds. The Hall–Kier alpha value is -3.11. The van der Waals surface area contributed by atoms with Crippen molar-refractivity contribution in [1.82, 2.24) is 0 Å². The van der Waals surface area contributed by atoms with Crippen molar-refractivity contribution in [2.45, 2.75) is 0 Å². The van der Waals surface area contributed by atoms with Crippen molar-refractivity contribution in [2.24, 2.45) is 0 Å². The first-order chi connectivity index (χ1) is 14.8. The molecule has 0 atom stereocenters. The number of carbonyl (C=O) groups excluding carboxylic acids is 1. The lowest BCUT2D eigenvalue weighted by atomic mass is 10.1. The van der Waals surface area contributed by atoms with Gasteiger partial charge in [-0.25, -0.2) is 8.42 Å². The number of halogens is 1. The standard InChI is InChI=1S/C20H22ClNO8S/c1-26-14-10-17(28-3)15(18(11-14)29-4)7-8-31(24,25)22-13-5-6-16(27-2)19(9-13)30-20(23)12-21/h5-11,22H,12H2,1-4H3. The van der Waals surface area contributed by atoms with E-state index in [4.69, 9.17) is 35.3 Å². The monoisotopic (exact) mass is 471 g/mol. The van der Waals surface area contributed by atoms with Gasteiger partial charge in [-0.2, -0.15) is 0 Å². The lowest BCUT2D eigenvalue weighted by Crippen LogP contribution is -2.12. The summed E-state index contributed by atoms with van der Waals surface area (Å²) in [4.78, 5) is 11.5. The summed E-state index contributed by atoms with van der Waals surface area (Å²) >= 11 is 5.45. The molecule has 0 heterocycles. The van der Waals surface area contributed by atoms with Crippen LogP contribution in [0.4, 0.5) is 5.69 Å². The highest BCUT2D eigenvalue weighted by molar-refractivity contribution is 7.95. The third kappa shape index (κ3) is 6.43. The van der Waals surface area contributed by atoms with E-state index in [2.05, 4.69) is 4.72 Å². The van der Waals surface area contributed by atoms with Crippen LogP contribution in [0.25, 0.3) is 6.08 Å². The van der Waals surface area contributed by atoms with E-state index in [-0.39, 0.29) is 23.1 Å². The minimum atomic E-state index is -3.95. The first kappa shape index (κ1) is 24.2. The van der Waals surface area contributed by atoms with Crippen molar-refractivity contribution >= 4 is 39.4 Å². The van der Waals surface area contributed by atoms with Crippen molar-refractivity contribution in [1.29, 1.82) is 0 Å². The predicted octanol–water partition coefficient (Wildman–Crippen LogP) is 3.28. The van der Waals surface area contributed by atoms with Crippen LogP contribution in [-0.4, -0.2) is 48.7 Å². The number of hydrogen-bond acceptors (Lipinski definition) is 8. The Morgan fingerprint density at radius 3 is 2.06 bits per heavy atom. The van der Waals surface area contributed by atoms with Crippen LogP contribution in [0.1, 0.15) is 5.56 Å². The number of carbonyl (C=O) groups is 1. The Morgan fingerprint density at radius 1 is 0.935 bits per heavy atom. The molecule has 0 bridgehead atoms. The van der Waals surface area contributed by atoms with Crippen LogP contribution in [0.15, 0.2) is 35.7 Å². The topological polar surface area (TPSA) is 109 Å². The Balaban J connectivity index is 2.33. The number of ether oxygens (including phenoxy) is 5. The van der Waals surface area contributed by atoms with E-state index in [1.165, 1.54) is 52.7 Å². The molecule has 0 fully saturated rings. The van der Waals surface area contributed by atoms with Crippen LogP contribution >= 0.6 is 11.6 Å². The molecule has 11 heteroatoms. The maximum absolute atomic E-state index is 12.6. The van der Waals surface area contributed by atoms with Crippen LogP contribution in [0.2, 0.25) is 0 Å². The van der Waals surface area contributed by atoms with Gasteiger partial charge in [0.1, 0.15) is 23.1 Å². The molecular formula is C20H22ClNO8S. The van der Waals surface area contributed by atoms with Crippen LogP contribution in [-0.2, 0) is 14.8 Å². The molecule has 2 rings (SSSR count). The SMILES string of the molecule is COc1cc(OC)c(C=CS(=O)(=O)Nc2ccc(OC)c(OC(=O)CCl)c2)c(OC)c1. The van der Waals surface area contributed by atoms with Gasteiger partial charge < -0.3 is 23.7 Å². The summed E-state index contributed by atoms with van der Waals surface area (Å²) in [6.07, 6.45) is 1.33. The molecule has 0 spiro atoms. The van der Waals surface area contributed by atoms with Gasteiger partial charge in [0.2, 0.25) is 0 Å². The molecule has 0 aliphatic heterocycles. The summed E-state index contributed by atoms with van der Waals surface area (Å²) in [6.45, 7) is 0. The first-order valence-corrected chi connectivity index (χ1v) is 10.8. The van der Waals surface area contributed by atoms with Gasteiger partial charge in [0.15, 0.2) is 11.5 Å². The molecule has 1 N–H and O–H groups in total. The van der Waals surface area contributed by atoms with Crippen LogP contribution < -0.4 is 28.4 Å². The second-order valence-corrected chi connectivity index (χ2v) is 7.70. The zero-order valence-corrected chi connectivity index (χ0v) is 18.9. The molecule has 0 aliphatic carbocycles. The average molecular weight is 472 g/mol. The zero-order valence-electron chi connectivity index (χ0n) is 17.3. The molecule has 0 saturated heterocycles. The van der Waals surface area contributed by atoms with E-state index >= 15 is 0 Å². The molecule has 31 heavy (non-hydrogen) atoms. The fourth-order valence-corrected chi connectivity index (χ4v) is 3.42. The van der Waals surface area contributed by atoms with Crippen molar-refractivity contribution < 1.29 is 36.9 Å². The van der Waals surface area contributed by atoms with Crippen LogP contribution in [0.3, 0.4) is 0 Å². The van der Waals surface area contributed by atoms with Gasteiger partial charge in [-0.3, -0.25) is 9.52 Å². The van der Waals surface area contributed by atoms with Gasteiger partial charge in [-0.05, 0) is 18.2 Å². The molecule has 0 unspecified atom stereocenters. The van der Waals surface area contributed by atoms with Gasteiger partial charge >= 0.3 is 5.97 Å². The normalized spacial score (nSPS) is 11.1. The highest BCUT2D eigenvalue weighted by Gasteiger charge is 2.15. The Bertz CT molecular complexity index is 1040. The van der Waals surface area contributed by atoms with Crippen molar-refractivity contribution in [3.05, 3.63) is 41.3 Å². The number of anilines is 1. The fourth-order valence-electron chi connectivity index (χ4n) is 2.52. The highest BCUT2D eigenvalue weighted by atomic mass is 35.5. The molecule has 2 aromatic rings. The summed E-state index contributed by atoms with van der Waals surface area (Å²) in [5.41, 5.74) is 0.555. The minimum absolute atomic E-state index is 0.0239. The molecule has 0 aromatic heterocycles. The van der Waals surface area contributed by atoms with Gasteiger partial charge in [0.05, 0.1) is 45.1 Å². The number of esters is 1. The van der Waals surface area contributed by atoms with Crippen molar-refractivity contribution in [3.63, 3.8) is 0 Å². The molecular weight excluding hydrogens is 450 g/mol. The molecule has 2 aromatic carbocycles. The first-order valence-electron chi connectivity index (χ1n) is 8.72. The van der Waals surface area contributed by atoms with Crippen molar-refractivity contribution in [3.8, 4) is 28.7 Å². The number of hydrogen-bond donors (Lipinski definition) is 1. The van der Waals surface area contributed by atoms with Crippen LogP contribution in [0.5, 0.6) is 28.7 Å². The molecule has 0 aliphatic rings. The smallest absolute Gasteiger partial charge is 0.326 e. The number of methoxy groups -OCH3 is 4. The zero-order chi connectivity index (χ0) is 23.0. The minimum Gasteiger partial charge on any atom is -0.496 e. The van der Waals surface area contributed by atoms with E-state index in [0.29, 0.717) is 22.8 Å². The summed E-state index contributed by atoms with van der Waals surface area (Å²) in [5.74, 6) is 0.403. The average Bonchev–Trinajstić information content (AvgIpc) is 2.76. The quantitative estimate of drug-likeness (QED) is 0.319. The number of rotatable bonds is 10. The van der Waals surface area contributed by atoms with E-state index in [0.717, 1.165) is 5.41 Å². The molecule has 9 nitrogen and oxygen atoms in total. The summed E-state index contributed by atoms with van der Waals surface area (Å²) in [7, 11) is 1.81. The van der Waals surface area contributed by atoms with Gasteiger partial charge in [-0.15, -0.1) is 11.6 Å².